The van der Waals surface area contributed by atoms with Gasteiger partial charge in [-0.2, -0.15) is 0 Å². The largest absolute Gasteiger partial charge is 0.432 e. The summed E-state index contributed by atoms with van der Waals surface area (Å²) in [6, 6.07) is 0. The van der Waals surface area contributed by atoms with E-state index in [9.17, 15) is 0 Å². The van der Waals surface area contributed by atoms with Gasteiger partial charge in [0, 0.05) is 7.11 Å². The Kier molecular flexibility index (Phi) is 5.09. The van der Waals surface area contributed by atoms with Gasteiger partial charge in [-0.15, -0.1) is 0 Å². The van der Waals surface area contributed by atoms with Crippen LogP contribution < -0.4 is 0 Å². The van der Waals surface area contributed by atoms with Crippen molar-refractivity contribution >= 4 is 15.1 Å². The molecule has 0 aromatic heterocycles. The fourth-order valence-corrected chi connectivity index (χ4v) is 0.107. The van der Waals surface area contributed by atoms with Gasteiger partial charge < -0.3 is 9.39 Å². The Balaban J connectivity index is 2.34. The van der Waals surface area contributed by atoms with Crippen LogP contribution in [0, 0.1) is 0 Å². The van der Waals surface area contributed by atoms with Crippen LogP contribution >= 0.6 is 0 Å². The predicted octanol–water partition coefficient (Wildman–Crippen LogP) is -0.690. The molecule has 2 nitrogen and oxygen atoms in total. The standard InChI is InChI=1S/C2H5B2O2/c1-5-2-6-4-3/h2H2,1H3. The van der Waals surface area contributed by atoms with E-state index in [1.807, 2.05) is 0 Å². The third-order valence-electron chi connectivity index (χ3n) is 0.282. The van der Waals surface area contributed by atoms with E-state index >= 15 is 0 Å². The first kappa shape index (κ1) is 6.05. The van der Waals surface area contributed by atoms with Gasteiger partial charge in [-0.05, 0) is 0 Å². The van der Waals surface area contributed by atoms with E-state index in [0.29, 0.717) is 0 Å². The highest BCUT2D eigenvalue weighted by molar-refractivity contribution is 6.85. The Labute approximate surface area is 39.5 Å². The minimum atomic E-state index is 0.233. The molecule has 0 saturated heterocycles. The molecule has 6 heavy (non-hydrogen) atoms. The highest BCUT2D eigenvalue weighted by Gasteiger charge is 1.74. The van der Waals surface area contributed by atoms with E-state index in [2.05, 4.69) is 9.39 Å². The number of hydrogen-bond donors (Lipinski definition) is 0. The Bertz CT molecular complexity index is 21.5. The Morgan fingerprint density at radius 2 is 2.50 bits per heavy atom. The summed E-state index contributed by atoms with van der Waals surface area (Å²) in [6.45, 7) is 0.233. The first-order chi connectivity index (χ1) is 2.91. The van der Waals surface area contributed by atoms with Crippen molar-refractivity contribution in [2.24, 2.45) is 0 Å². The Hall–Kier alpha value is 0.0499. The summed E-state index contributed by atoms with van der Waals surface area (Å²) in [5.41, 5.74) is 0. The second-order valence-electron chi connectivity index (χ2n) is 0.709. The van der Waals surface area contributed by atoms with Crippen LogP contribution in [0.1, 0.15) is 0 Å². The van der Waals surface area contributed by atoms with Crippen molar-refractivity contribution in [3.8, 4) is 0 Å². The van der Waals surface area contributed by atoms with Crippen molar-refractivity contribution in [3.05, 3.63) is 0 Å². The number of ether oxygens (including phenoxy) is 1. The molecule has 0 aliphatic heterocycles. The zero-order chi connectivity index (χ0) is 4.83. The summed E-state index contributed by atoms with van der Waals surface area (Å²) in [5, 5.41) is 0. The van der Waals surface area contributed by atoms with Crippen molar-refractivity contribution in [3.63, 3.8) is 0 Å². The molecule has 0 aromatic carbocycles. The van der Waals surface area contributed by atoms with Gasteiger partial charge in [-0.25, -0.2) is 0 Å². The smallest absolute Gasteiger partial charge is 0.233 e. The van der Waals surface area contributed by atoms with Crippen molar-refractivity contribution in [1.82, 2.24) is 0 Å². The van der Waals surface area contributed by atoms with Gasteiger partial charge in [-0.3, -0.25) is 0 Å². The maximum Gasteiger partial charge on any atom is 0.233 e. The highest BCUT2D eigenvalue weighted by atomic mass is 16.6. The van der Waals surface area contributed by atoms with Gasteiger partial charge >= 0.3 is 0 Å². The minimum absolute atomic E-state index is 0.233. The third kappa shape index (κ3) is 4.05. The molecule has 3 radical (unpaired) electrons. The van der Waals surface area contributed by atoms with Crippen LogP contribution in [0.5, 0.6) is 0 Å². The molecule has 0 saturated carbocycles. The molecular formula is C2H5B2O2. The van der Waals surface area contributed by atoms with E-state index in [0.717, 1.165) is 7.37 Å². The van der Waals surface area contributed by atoms with Crippen LogP contribution in [0.3, 0.4) is 0 Å². The van der Waals surface area contributed by atoms with Crippen molar-refractivity contribution in [1.29, 1.82) is 0 Å². The van der Waals surface area contributed by atoms with Gasteiger partial charge in [0.05, 0.1) is 7.74 Å². The normalized spacial score (nSPS) is 8.17. The topological polar surface area (TPSA) is 18.5 Å². The molecule has 0 atom stereocenters. The minimum Gasteiger partial charge on any atom is -0.432 e. The first-order valence-corrected chi connectivity index (χ1v) is 1.55. The quantitative estimate of drug-likeness (QED) is 0.255. The van der Waals surface area contributed by atoms with Crippen molar-refractivity contribution in [2.75, 3.05) is 13.9 Å². The molecule has 0 aromatic rings. The number of hydrogen-bond acceptors (Lipinski definition) is 2. The lowest BCUT2D eigenvalue weighted by Crippen LogP contribution is -2.00. The molecule has 0 aliphatic carbocycles. The summed E-state index contributed by atoms with van der Waals surface area (Å²) in [5.74, 6) is 0. The van der Waals surface area contributed by atoms with E-state index in [4.69, 9.17) is 7.74 Å². The monoisotopic (exact) mass is 83.0 g/mol. The third-order valence-corrected chi connectivity index (χ3v) is 0.282. The highest BCUT2D eigenvalue weighted by Crippen LogP contribution is 1.63. The van der Waals surface area contributed by atoms with Gasteiger partial charge in [0.1, 0.15) is 6.79 Å². The van der Waals surface area contributed by atoms with Crippen LogP contribution in [0.4, 0.5) is 0 Å². The molecule has 0 N–H and O–H groups in total. The van der Waals surface area contributed by atoms with Crippen molar-refractivity contribution < 1.29 is 9.39 Å². The predicted molar refractivity (Wildman–Crippen MR) is 24.5 cm³/mol. The molecule has 0 amide bonds. The fraction of sp³-hybridized carbons (Fsp3) is 1.00. The van der Waals surface area contributed by atoms with Gasteiger partial charge in [0.15, 0.2) is 0 Å². The second kappa shape index (κ2) is 5.05. The number of rotatable bonds is 3. The molecule has 0 fully saturated rings. The van der Waals surface area contributed by atoms with Crippen LogP contribution in [-0.4, -0.2) is 29.0 Å². The SMILES string of the molecule is [B][B]OCOC. The lowest BCUT2D eigenvalue weighted by atomic mass is 9.72. The van der Waals surface area contributed by atoms with Crippen LogP contribution in [-0.2, 0) is 9.39 Å². The second-order valence-corrected chi connectivity index (χ2v) is 0.709. The molecule has 0 bridgehead atoms. The van der Waals surface area contributed by atoms with Gasteiger partial charge in [0.2, 0.25) is 7.37 Å². The van der Waals surface area contributed by atoms with Gasteiger partial charge in [-0.1, -0.05) is 0 Å². The molecule has 31 valence electrons. The summed E-state index contributed by atoms with van der Waals surface area (Å²) >= 11 is 0. The van der Waals surface area contributed by atoms with Crippen LogP contribution in [0.25, 0.3) is 0 Å². The first-order valence-electron chi connectivity index (χ1n) is 1.55. The zero-order valence-corrected chi connectivity index (χ0v) is 3.68. The Morgan fingerprint density at radius 3 is 2.67 bits per heavy atom. The molecule has 4 heteroatoms. The van der Waals surface area contributed by atoms with E-state index in [-0.39, 0.29) is 6.79 Å². The van der Waals surface area contributed by atoms with Crippen molar-refractivity contribution in [2.45, 2.75) is 0 Å². The van der Waals surface area contributed by atoms with E-state index in [1.165, 1.54) is 7.11 Å². The number of methoxy groups -OCH3 is 1. The molecule has 0 spiro atoms. The maximum absolute atomic E-state index is 4.79. The summed E-state index contributed by atoms with van der Waals surface area (Å²) in [6.07, 6.45) is 0. The molecular weight excluding hydrogens is 77.6 g/mol. The zero-order valence-electron chi connectivity index (χ0n) is 3.68. The molecule has 0 unspecified atom stereocenters. The van der Waals surface area contributed by atoms with Crippen LogP contribution in [0.2, 0.25) is 0 Å². The average Bonchev–Trinajstić information content (AvgIpc) is 1.61. The van der Waals surface area contributed by atoms with Gasteiger partial charge in [0.25, 0.3) is 0 Å². The summed E-state index contributed by atoms with van der Waals surface area (Å²) in [7, 11) is 7.41. The van der Waals surface area contributed by atoms with Crippen LogP contribution in [0.15, 0.2) is 0 Å². The summed E-state index contributed by atoms with van der Waals surface area (Å²) in [4.78, 5) is 0. The lowest BCUT2D eigenvalue weighted by molar-refractivity contribution is 0.0564. The molecule has 0 heterocycles. The van der Waals surface area contributed by atoms with E-state index in [1.54, 1.807) is 0 Å². The average molecular weight is 82.7 g/mol. The fourth-order valence-electron chi connectivity index (χ4n) is 0.107. The molecule has 0 rings (SSSR count). The molecule has 0 aliphatic rings. The Morgan fingerprint density at radius 1 is 1.83 bits per heavy atom. The lowest BCUT2D eigenvalue weighted by Gasteiger charge is -1.93. The maximum atomic E-state index is 4.79. The summed E-state index contributed by atoms with van der Waals surface area (Å²) < 4.78 is 8.86. The van der Waals surface area contributed by atoms with E-state index < -0.39 is 0 Å².